The van der Waals surface area contributed by atoms with Crippen molar-refractivity contribution in [2.75, 3.05) is 18.4 Å². The van der Waals surface area contributed by atoms with Crippen LogP contribution in [0.3, 0.4) is 0 Å². The fourth-order valence-electron chi connectivity index (χ4n) is 3.83. The number of halogens is 4. The monoisotopic (exact) mass is 478 g/mol. The van der Waals surface area contributed by atoms with E-state index in [1.807, 2.05) is 31.2 Å². The van der Waals surface area contributed by atoms with Crippen LogP contribution in [0, 0.1) is 12.8 Å². The van der Waals surface area contributed by atoms with E-state index >= 15 is 0 Å². The Labute approximate surface area is 193 Å². The number of nitrogens with one attached hydrogen (secondary N) is 1. The summed E-state index contributed by atoms with van der Waals surface area (Å²) in [4.78, 5) is 19.2. The van der Waals surface area contributed by atoms with Crippen molar-refractivity contribution >= 4 is 23.2 Å². The Hall–Kier alpha value is -2.91. The number of hydrogen-bond donors (Lipinski definition) is 1. The second kappa shape index (κ2) is 9.52. The van der Waals surface area contributed by atoms with Crippen LogP contribution in [0.2, 0.25) is 5.02 Å². The maximum absolute atomic E-state index is 13.0. The van der Waals surface area contributed by atoms with Gasteiger partial charge in [0.2, 0.25) is 17.6 Å². The molecule has 0 bridgehead atoms. The summed E-state index contributed by atoms with van der Waals surface area (Å²) in [6.07, 6.45) is -3.44. The minimum atomic E-state index is -4.59. The molecule has 4 rings (SSSR count). The van der Waals surface area contributed by atoms with Crippen LogP contribution in [0.1, 0.15) is 29.9 Å². The van der Waals surface area contributed by atoms with Crippen LogP contribution >= 0.6 is 11.6 Å². The van der Waals surface area contributed by atoms with Crippen molar-refractivity contribution in [3.63, 3.8) is 0 Å². The van der Waals surface area contributed by atoms with E-state index in [9.17, 15) is 18.0 Å². The lowest BCUT2D eigenvalue weighted by Gasteiger charge is -2.30. The third kappa shape index (κ3) is 5.72. The predicted octanol–water partition coefficient (Wildman–Crippen LogP) is 5.57. The van der Waals surface area contributed by atoms with Gasteiger partial charge in [-0.15, -0.1) is 0 Å². The first-order valence-corrected chi connectivity index (χ1v) is 10.9. The lowest BCUT2D eigenvalue weighted by Crippen LogP contribution is -2.37. The quantitative estimate of drug-likeness (QED) is 0.519. The lowest BCUT2D eigenvalue weighted by molar-refractivity contribution is -0.137. The topological polar surface area (TPSA) is 71.3 Å². The number of alkyl halides is 3. The molecule has 0 radical (unpaired) electrons. The average molecular weight is 479 g/mol. The minimum Gasteiger partial charge on any atom is -0.338 e. The van der Waals surface area contributed by atoms with Crippen LogP contribution in [0.5, 0.6) is 0 Å². The third-order valence-corrected chi connectivity index (χ3v) is 5.93. The highest BCUT2D eigenvalue weighted by Gasteiger charge is 2.34. The Morgan fingerprint density at radius 1 is 1.21 bits per heavy atom. The molecule has 0 aliphatic carbocycles. The van der Waals surface area contributed by atoms with E-state index in [2.05, 4.69) is 20.4 Å². The van der Waals surface area contributed by atoms with Gasteiger partial charge in [0, 0.05) is 17.2 Å². The van der Waals surface area contributed by atoms with E-state index in [-0.39, 0.29) is 17.5 Å². The summed E-state index contributed by atoms with van der Waals surface area (Å²) in [6.45, 7) is 3.73. The van der Waals surface area contributed by atoms with Gasteiger partial charge in [-0.3, -0.25) is 9.69 Å². The van der Waals surface area contributed by atoms with Crippen LogP contribution in [0.4, 0.5) is 18.9 Å². The summed E-state index contributed by atoms with van der Waals surface area (Å²) in [5, 5.41) is 6.23. The second-order valence-electron chi connectivity index (χ2n) is 8.11. The first-order chi connectivity index (χ1) is 15.7. The number of amides is 1. The number of piperidine rings is 1. The molecule has 2 heterocycles. The van der Waals surface area contributed by atoms with Crippen LogP contribution in [0.25, 0.3) is 11.4 Å². The molecule has 3 aromatic rings. The van der Waals surface area contributed by atoms with Crippen molar-refractivity contribution in [1.82, 2.24) is 15.0 Å². The molecule has 1 N–H and O–H groups in total. The van der Waals surface area contributed by atoms with Crippen LogP contribution in [-0.2, 0) is 17.5 Å². The number of rotatable bonds is 5. The molecule has 33 heavy (non-hydrogen) atoms. The Morgan fingerprint density at radius 2 is 1.97 bits per heavy atom. The van der Waals surface area contributed by atoms with Gasteiger partial charge in [-0.1, -0.05) is 40.5 Å². The Bertz CT molecular complexity index is 1140. The molecule has 174 valence electrons. The van der Waals surface area contributed by atoms with Gasteiger partial charge >= 0.3 is 6.18 Å². The molecule has 0 unspecified atom stereocenters. The number of likely N-dealkylation sites (tertiary alicyclic amines) is 1. The van der Waals surface area contributed by atoms with E-state index in [1.54, 1.807) is 0 Å². The largest absolute Gasteiger partial charge is 0.417 e. The van der Waals surface area contributed by atoms with Gasteiger partial charge in [0.1, 0.15) is 0 Å². The van der Waals surface area contributed by atoms with Crippen LogP contribution in [0.15, 0.2) is 47.0 Å². The number of nitrogens with zero attached hydrogens (tertiary/aromatic N) is 3. The number of benzene rings is 2. The van der Waals surface area contributed by atoms with Crippen molar-refractivity contribution in [1.29, 1.82) is 0 Å². The normalized spacial score (nSPS) is 15.5. The van der Waals surface area contributed by atoms with Crippen molar-refractivity contribution in [2.45, 2.75) is 32.5 Å². The van der Waals surface area contributed by atoms with Gasteiger partial charge in [0.25, 0.3) is 0 Å². The zero-order valence-corrected chi connectivity index (χ0v) is 18.6. The zero-order valence-electron chi connectivity index (χ0n) is 17.8. The molecular weight excluding hydrogens is 457 g/mol. The van der Waals surface area contributed by atoms with Crippen molar-refractivity contribution in [2.24, 2.45) is 5.92 Å². The van der Waals surface area contributed by atoms with Crippen molar-refractivity contribution < 1.29 is 22.5 Å². The van der Waals surface area contributed by atoms with Crippen LogP contribution < -0.4 is 5.32 Å². The summed E-state index contributed by atoms with van der Waals surface area (Å²) in [5.41, 5.74) is 1.10. The number of carbonyl (C=O) groups excluding carboxylic acids is 1. The maximum atomic E-state index is 13.0. The molecule has 0 atom stereocenters. The first-order valence-electron chi connectivity index (χ1n) is 10.5. The highest BCUT2D eigenvalue weighted by atomic mass is 35.5. The molecule has 1 amide bonds. The molecule has 1 aliphatic heterocycles. The van der Waals surface area contributed by atoms with Gasteiger partial charge < -0.3 is 9.84 Å². The molecule has 0 spiro atoms. The minimum absolute atomic E-state index is 0.0775. The van der Waals surface area contributed by atoms with E-state index < -0.39 is 16.8 Å². The van der Waals surface area contributed by atoms with Crippen molar-refractivity contribution in [3.8, 4) is 11.4 Å². The Kier molecular flexibility index (Phi) is 6.71. The number of aryl methyl sites for hydroxylation is 1. The van der Waals surface area contributed by atoms with E-state index in [0.717, 1.165) is 23.3 Å². The van der Waals surface area contributed by atoms with Crippen LogP contribution in [-0.4, -0.2) is 34.0 Å². The number of anilines is 1. The summed E-state index contributed by atoms with van der Waals surface area (Å²) >= 11 is 5.64. The number of aromatic nitrogens is 2. The average Bonchev–Trinajstić information content (AvgIpc) is 3.23. The summed E-state index contributed by atoms with van der Waals surface area (Å²) in [7, 11) is 0. The SMILES string of the molecule is Cc1cccc(-c2noc(CN3CCC(C(=O)Nc4ccc(Cl)c(C(F)(F)F)c4)CC3)n2)c1. The first kappa shape index (κ1) is 23.3. The maximum Gasteiger partial charge on any atom is 0.417 e. The Morgan fingerprint density at radius 3 is 2.67 bits per heavy atom. The predicted molar refractivity (Wildman–Crippen MR) is 118 cm³/mol. The van der Waals surface area contributed by atoms with E-state index in [0.29, 0.717) is 44.2 Å². The van der Waals surface area contributed by atoms with Gasteiger partial charge in [0.05, 0.1) is 17.1 Å². The molecule has 1 fully saturated rings. The Balaban J connectivity index is 1.31. The molecule has 10 heteroatoms. The summed E-state index contributed by atoms with van der Waals surface area (Å²) in [5.74, 6) is 0.431. The molecule has 6 nitrogen and oxygen atoms in total. The molecule has 1 aromatic heterocycles. The van der Waals surface area contributed by atoms with Gasteiger partial charge in [-0.25, -0.2) is 0 Å². The highest BCUT2D eigenvalue weighted by Crippen LogP contribution is 2.36. The standard InChI is InChI=1S/C23H22ClF3N4O2/c1-14-3-2-4-16(11-14)21-29-20(33-30-21)13-31-9-7-15(8-10-31)22(32)28-17-5-6-19(24)18(12-17)23(25,26)27/h2-6,11-12,15H,7-10,13H2,1H3,(H,28,32). The number of carbonyl (C=O) groups is 1. The van der Waals surface area contributed by atoms with Gasteiger partial charge in [0.15, 0.2) is 0 Å². The number of hydrogen-bond acceptors (Lipinski definition) is 5. The molecule has 1 aliphatic rings. The fourth-order valence-corrected chi connectivity index (χ4v) is 4.05. The molecule has 0 saturated carbocycles. The third-order valence-electron chi connectivity index (χ3n) is 5.60. The smallest absolute Gasteiger partial charge is 0.338 e. The molecule has 1 saturated heterocycles. The summed E-state index contributed by atoms with van der Waals surface area (Å²) < 4.78 is 44.5. The van der Waals surface area contributed by atoms with Crippen molar-refractivity contribution in [3.05, 3.63) is 64.5 Å². The van der Waals surface area contributed by atoms with Gasteiger partial charge in [-0.2, -0.15) is 18.2 Å². The fraction of sp³-hybridized carbons (Fsp3) is 0.348. The summed E-state index contributed by atoms with van der Waals surface area (Å²) in [6, 6.07) is 11.2. The zero-order chi connectivity index (χ0) is 23.6. The molecule has 2 aromatic carbocycles. The van der Waals surface area contributed by atoms with E-state index in [1.165, 1.54) is 6.07 Å². The second-order valence-corrected chi connectivity index (χ2v) is 8.52. The highest BCUT2D eigenvalue weighted by molar-refractivity contribution is 6.31. The molecular formula is C23H22ClF3N4O2. The van der Waals surface area contributed by atoms with E-state index in [4.69, 9.17) is 16.1 Å². The lowest BCUT2D eigenvalue weighted by atomic mass is 9.95. The van der Waals surface area contributed by atoms with Gasteiger partial charge in [-0.05, 0) is 57.1 Å².